The van der Waals surface area contributed by atoms with Crippen LogP contribution in [-0.2, 0) is 11.4 Å². The van der Waals surface area contributed by atoms with Gasteiger partial charge in [0.05, 0.1) is 22.8 Å². The number of halogens is 1. The molecular formula is C28H25BrN2O5S. The van der Waals surface area contributed by atoms with Crippen molar-refractivity contribution in [2.75, 3.05) is 13.2 Å². The minimum absolute atomic E-state index is 0.136. The second-order valence-electron chi connectivity index (χ2n) is 7.94. The van der Waals surface area contributed by atoms with Crippen molar-refractivity contribution >= 4 is 56.5 Å². The fraction of sp³-hybridized carbons (Fsp3) is 0.179. The van der Waals surface area contributed by atoms with E-state index in [9.17, 15) is 14.7 Å². The third-order valence-electron chi connectivity index (χ3n) is 5.41. The van der Waals surface area contributed by atoms with Gasteiger partial charge in [0.15, 0.2) is 16.7 Å². The van der Waals surface area contributed by atoms with E-state index >= 15 is 0 Å². The molecule has 37 heavy (non-hydrogen) atoms. The molecule has 3 aromatic rings. The molecule has 190 valence electrons. The fourth-order valence-electron chi connectivity index (χ4n) is 3.61. The number of carboxylic acid groups (broad SMARTS) is 1. The lowest BCUT2D eigenvalue weighted by Crippen LogP contribution is -2.28. The van der Waals surface area contributed by atoms with E-state index in [1.807, 2.05) is 56.3 Å². The monoisotopic (exact) mass is 580 g/mol. The van der Waals surface area contributed by atoms with Gasteiger partial charge in [0, 0.05) is 11.0 Å². The zero-order valence-electron chi connectivity index (χ0n) is 20.3. The number of carbonyl (C=O) groups is 2. The largest absolute Gasteiger partial charge is 0.490 e. The number of hydrogen-bond acceptors (Lipinski definition) is 6. The van der Waals surface area contributed by atoms with Crippen molar-refractivity contribution in [1.29, 1.82) is 0 Å². The number of thioether (sulfide) groups is 1. The Morgan fingerprint density at radius 1 is 1.05 bits per heavy atom. The highest BCUT2D eigenvalue weighted by molar-refractivity contribution is 9.10. The summed E-state index contributed by atoms with van der Waals surface area (Å²) in [5.74, 6) is -0.0253. The molecule has 9 heteroatoms. The number of hydrogen-bond donors (Lipinski definition) is 1. The maximum atomic E-state index is 13.2. The van der Waals surface area contributed by atoms with Crippen LogP contribution in [0.25, 0.3) is 6.08 Å². The van der Waals surface area contributed by atoms with Crippen molar-refractivity contribution in [2.45, 2.75) is 20.5 Å². The van der Waals surface area contributed by atoms with Gasteiger partial charge in [0.2, 0.25) is 0 Å². The van der Waals surface area contributed by atoms with Crippen LogP contribution in [0.2, 0.25) is 0 Å². The Balaban J connectivity index is 1.62. The zero-order chi connectivity index (χ0) is 26.4. The molecular weight excluding hydrogens is 556 g/mol. The van der Waals surface area contributed by atoms with Crippen LogP contribution in [0.3, 0.4) is 0 Å². The van der Waals surface area contributed by atoms with Crippen LogP contribution in [0.15, 0.2) is 81.1 Å². The van der Waals surface area contributed by atoms with E-state index in [2.05, 4.69) is 20.9 Å². The molecule has 0 bridgehead atoms. The normalized spacial score (nSPS) is 15.4. The van der Waals surface area contributed by atoms with Crippen molar-refractivity contribution < 1.29 is 24.2 Å². The van der Waals surface area contributed by atoms with Crippen LogP contribution < -0.4 is 9.47 Å². The topological polar surface area (TPSA) is 88.4 Å². The minimum Gasteiger partial charge on any atom is -0.490 e. The first-order valence-electron chi connectivity index (χ1n) is 11.7. The predicted octanol–water partition coefficient (Wildman–Crippen LogP) is 6.75. The Hall–Kier alpha value is -3.56. The standard InChI is InChI=1S/C28H25BrN2O5S/c1-3-31-26(32)25(37-28(31)30-21-12-8-11-19(13-21)27(33)34)15-20-14-23(35-4-2)24(16-22(20)29)36-17-18-9-6-5-7-10-18/h5-16H,3-4,17H2,1-2H3,(H,33,34). The molecule has 0 spiro atoms. The Morgan fingerprint density at radius 3 is 2.51 bits per heavy atom. The third kappa shape index (κ3) is 6.42. The first-order chi connectivity index (χ1) is 17.9. The average molecular weight is 581 g/mol. The zero-order valence-corrected chi connectivity index (χ0v) is 22.7. The van der Waals surface area contributed by atoms with E-state index in [-0.39, 0.29) is 11.5 Å². The number of aliphatic imine (C=N–C) groups is 1. The number of carbonyl (C=O) groups excluding carboxylic acids is 1. The number of amidine groups is 1. The molecule has 1 saturated heterocycles. The van der Waals surface area contributed by atoms with Crippen molar-refractivity contribution in [3.63, 3.8) is 0 Å². The molecule has 1 fully saturated rings. The van der Waals surface area contributed by atoms with Crippen molar-refractivity contribution in [3.8, 4) is 11.5 Å². The van der Waals surface area contributed by atoms with Crippen LogP contribution in [0.1, 0.15) is 35.3 Å². The molecule has 7 nitrogen and oxygen atoms in total. The Kier molecular flexibility index (Phi) is 8.68. The summed E-state index contributed by atoms with van der Waals surface area (Å²) < 4.78 is 12.6. The van der Waals surface area contributed by atoms with Crippen LogP contribution in [-0.4, -0.2) is 40.2 Å². The molecule has 1 N–H and O–H groups in total. The van der Waals surface area contributed by atoms with Crippen LogP contribution in [0.4, 0.5) is 5.69 Å². The molecule has 4 rings (SSSR count). The number of aromatic carboxylic acids is 1. The Labute approximate surface area is 227 Å². The third-order valence-corrected chi connectivity index (χ3v) is 7.10. The van der Waals surface area contributed by atoms with Crippen molar-refractivity contribution in [1.82, 2.24) is 4.90 Å². The molecule has 0 radical (unpaired) electrons. The summed E-state index contributed by atoms with van der Waals surface area (Å²) in [4.78, 5) is 31.1. The second-order valence-corrected chi connectivity index (χ2v) is 9.80. The van der Waals surface area contributed by atoms with Gasteiger partial charge in [-0.15, -0.1) is 0 Å². The van der Waals surface area contributed by atoms with E-state index < -0.39 is 5.97 Å². The first kappa shape index (κ1) is 26.5. The minimum atomic E-state index is -1.03. The van der Waals surface area contributed by atoms with Gasteiger partial charge < -0.3 is 14.6 Å². The summed E-state index contributed by atoms with van der Waals surface area (Å²) in [7, 11) is 0. The lowest BCUT2D eigenvalue weighted by atomic mass is 10.1. The summed E-state index contributed by atoms with van der Waals surface area (Å²) in [5.41, 5.74) is 2.41. The first-order valence-corrected chi connectivity index (χ1v) is 13.3. The average Bonchev–Trinajstić information content (AvgIpc) is 3.19. The lowest BCUT2D eigenvalue weighted by molar-refractivity contribution is -0.122. The smallest absolute Gasteiger partial charge is 0.335 e. The van der Waals surface area contributed by atoms with E-state index in [1.165, 1.54) is 23.9 Å². The Bertz CT molecular complexity index is 1370. The van der Waals surface area contributed by atoms with Gasteiger partial charge >= 0.3 is 5.97 Å². The second kappa shape index (κ2) is 12.1. The maximum absolute atomic E-state index is 13.2. The van der Waals surface area contributed by atoms with Crippen LogP contribution in [0, 0.1) is 0 Å². The predicted molar refractivity (Wildman–Crippen MR) is 150 cm³/mol. The molecule has 0 aliphatic carbocycles. The van der Waals surface area contributed by atoms with E-state index in [1.54, 1.807) is 23.1 Å². The summed E-state index contributed by atoms with van der Waals surface area (Å²) >= 11 is 4.85. The van der Waals surface area contributed by atoms with Gasteiger partial charge in [-0.2, -0.15) is 0 Å². The highest BCUT2D eigenvalue weighted by atomic mass is 79.9. The van der Waals surface area contributed by atoms with E-state index in [4.69, 9.17) is 9.47 Å². The van der Waals surface area contributed by atoms with Gasteiger partial charge in [0.1, 0.15) is 6.61 Å². The number of amides is 1. The van der Waals surface area contributed by atoms with E-state index in [0.29, 0.717) is 47.0 Å². The Morgan fingerprint density at radius 2 is 1.81 bits per heavy atom. The quantitative estimate of drug-likeness (QED) is 0.282. The van der Waals surface area contributed by atoms with Crippen LogP contribution in [0.5, 0.6) is 11.5 Å². The van der Waals surface area contributed by atoms with Crippen LogP contribution >= 0.6 is 27.7 Å². The molecule has 0 saturated carbocycles. The summed E-state index contributed by atoms with van der Waals surface area (Å²) in [6.07, 6.45) is 1.79. The van der Waals surface area contributed by atoms with Gasteiger partial charge in [0.25, 0.3) is 5.91 Å². The number of likely N-dealkylation sites (N-methyl/N-ethyl adjacent to an activating group) is 1. The molecule has 1 aliphatic heterocycles. The molecule has 1 amide bonds. The van der Waals surface area contributed by atoms with E-state index in [0.717, 1.165) is 15.6 Å². The number of benzene rings is 3. The highest BCUT2D eigenvalue weighted by Gasteiger charge is 2.32. The van der Waals surface area contributed by atoms with Gasteiger partial charge in [-0.1, -0.05) is 52.3 Å². The van der Waals surface area contributed by atoms with Crippen molar-refractivity contribution in [3.05, 3.63) is 92.8 Å². The molecule has 0 atom stereocenters. The van der Waals surface area contributed by atoms with Gasteiger partial charge in [-0.3, -0.25) is 9.69 Å². The van der Waals surface area contributed by atoms with Gasteiger partial charge in [-0.25, -0.2) is 9.79 Å². The summed E-state index contributed by atoms with van der Waals surface area (Å²) in [6, 6.07) is 19.9. The SMILES string of the molecule is CCOc1cc(C=C2SC(=Nc3cccc(C(=O)O)c3)N(CC)C2=O)c(Br)cc1OCc1ccccc1. The van der Waals surface area contributed by atoms with Gasteiger partial charge in [-0.05, 0) is 73.1 Å². The maximum Gasteiger partial charge on any atom is 0.335 e. The molecule has 0 unspecified atom stereocenters. The fourth-order valence-corrected chi connectivity index (χ4v) is 5.10. The number of rotatable bonds is 9. The molecule has 0 aromatic heterocycles. The lowest BCUT2D eigenvalue weighted by Gasteiger charge is -2.14. The highest BCUT2D eigenvalue weighted by Crippen LogP contribution is 2.39. The molecule has 3 aromatic carbocycles. The number of carboxylic acids is 1. The number of ether oxygens (including phenoxy) is 2. The molecule has 1 aliphatic rings. The summed E-state index contributed by atoms with van der Waals surface area (Å²) in [5, 5.41) is 9.75. The number of nitrogens with zero attached hydrogens (tertiary/aromatic N) is 2. The summed E-state index contributed by atoms with van der Waals surface area (Å²) in [6.45, 7) is 5.06. The molecule has 1 heterocycles. The van der Waals surface area contributed by atoms with Crippen molar-refractivity contribution in [2.24, 2.45) is 4.99 Å².